The number of hydrogen-bond donors (Lipinski definition) is 4. The number of nitrogens with two attached hydrogens (primary N) is 1. The van der Waals surface area contributed by atoms with Gasteiger partial charge in [0, 0.05) is 12.6 Å². The van der Waals surface area contributed by atoms with Crippen molar-refractivity contribution in [3.8, 4) is 11.5 Å². The highest BCUT2D eigenvalue weighted by Crippen LogP contribution is 2.27. The van der Waals surface area contributed by atoms with Crippen molar-refractivity contribution in [2.75, 3.05) is 6.54 Å². The van der Waals surface area contributed by atoms with Crippen molar-refractivity contribution in [1.29, 1.82) is 0 Å². The molecule has 0 aliphatic heterocycles. The zero-order chi connectivity index (χ0) is 12.8. The molecule has 17 heavy (non-hydrogen) atoms. The van der Waals surface area contributed by atoms with Crippen LogP contribution in [0.2, 0.25) is 0 Å². The molecule has 1 unspecified atom stereocenters. The molecule has 0 spiro atoms. The third-order valence-corrected chi connectivity index (χ3v) is 2.44. The van der Waals surface area contributed by atoms with E-state index < -0.39 is 11.7 Å². The Bertz CT molecular complexity index is 393. The number of phenolic OH excluding ortho intramolecular Hbond substituents is 2. The molecule has 0 fully saturated rings. The zero-order valence-corrected chi connectivity index (χ0v) is 9.81. The number of para-hydroxylation sites is 1. The summed E-state index contributed by atoms with van der Waals surface area (Å²) in [5.41, 5.74) is 5.80. The number of nitrogens with one attached hydrogen (secondary N) is 1. The molecule has 0 bridgehead atoms. The SMILES string of the molecule is CCCC(N)CNC(=O)c1cccc(O)c1O. The highest BCUT2D eigenvalue weighted by molar-refractivity contribution is 5.97. The summed E-state index contributed by atoms with van der Waals surface area (Å²) in [6, 6.07) is 4.16. The van der Waals surface area contributed by atoms with E-state index in [1.54, 1.807) is 0 Å². The van der Waals surface area contributed by atoms with E-state index in [2.05, 4.69) is 5.32 Å². The molecule has 0 radical (unpaired) electrons. The van der Waals surface area contributed by atoms with Gasteiger partial charge in [0.05, 0.1) is 5.56 Å². The van der Waals surface area contributed by atoms with Gasteiger partial charge in [0.2, 0.25) is 0 Å². The average molecular weight is 238 g/mol. The Labute approximate surface area is 100 Å². The van der Waals surface area contributed by atoms with E-state index in [1.165, 1.54) is 18.2 Å². The first-order valence-electron chi connectivity index (χ1n) is 5.61. The second kappa shape index (κ2) is 6.10. The third-order valence-electron chi connectivity index (χ3n) is 2.44. The maximum atomic E-state index is 11.7. The van der Waals surface area contributed by atoms with Crippen LogP contribution >= 0.6 is 0 Å². The maximum absolute atomic E-state index is 11.7. The van der Waals surface area contributed by atoms with E-state index in [-0.39, 0.29) is 17.4 Å². The summed E-state index contributed by atoms with van der Waals surface area (Å²) in [5.74, 6) is -1.16. The monoisotopic (exact) mass is 238 g/mol. The lowest BCUT2D eigenvalue weighted by Crippen LogP contribution is -2.37. The van der Waals surface area contributed by atoms with Crippen LogP contribution in [0, 0.1) is 0 Å². The molecule has 1 rings (SSSR count). The highest BCUT2D eigenvalue weighted by atomic mass is 16.3. The van der Waals surface area contributed by atoms with E-state index in [0.29, 0.717) is 6.54 Å². The minimum atomic E-state index is -0.440. The normalized spacial score (nSPS) is 12.1. The molecule has 0 saturated heterocycles. The van der Waals surface area contributed by atoms with Crippen molar-refractivity contribution in [3.05, 3.63) is 23.8 Å². The summed E-state index contributed by atoms with van der Waals surface area (Å²) in [6.07, 6.45) is 1.78. The first kappa shape index (κ1) is 13.3. The molecule has 1 aromatic rings. The Morgan fingerprint density at radius 2 is 2.18 bits per heavy atom. The fourth-order valence-electron chi connectivity index (χ4n) is 1.51. The number of phenols is 2. The fraction of sp³-hybridized carbons (Fsp3) is 0.417. The van der Waals surface area contributed by atoms with Gasteiger partial charge in [0.15, 0.2) is 11.5 Å². The standard InChI is InChI=1S/C12H18N2O3/c1-2-4-8(13)7-14-12(17)9-5-3-6-10(15)11(9)16/h3,5-6,8,15-16H,2,4,7,13H2,1H3,(H,14,17). The van der Waals surface area contributed by atoms with Crippen molar-refractivity contribution in [2.45, 2.75) is 25.8 Å². The Hall–Kier alpha value is -1.75. The molecule has 1 amide bonds. The van der Waals surface area contributed by atoms with Gasteiger partial charge in [-0.25, -0.2) is 0 Å². The van der Waals surface area contributed by atoms with Crippen LogP contribution in [-0.2, 0) is 0 Å². The quantitative estimate of drug-likeness (QED) is 0.574. The van der Waals surface area contributed by atoms with Gasteiger partial charge in [0.25, 0.3) is 5.91 Å². The van der Waals surface area contributed by atoms with Crippen LogP contribution in [-0.4, -0.2) is 28.7 Å². The van der Waals surface area contributed by atoms with Gasteiger partial charge in [-0.2, -0.15) is 0 Å². The molecule has 1 aromatic carbocycles. The summed E-state index contributed by atoms with van der Waals surface area (Å²) < 4.78 is 0. The van der Waals surface area contributed by atoms with Crippen molar-refractivity contribution >= 4 is 5.91 Å². The molecule has 94 valence electrons. The molecule has 0 aliphatic rings. The largest absolute Gasteiger partial charge is 0.504 e. The number of rotatable bonds is 5. The van der Waals surface area contributed by atoms with Crippen molar-refractivity contribution in [2.24, 2.45) is 5.73 Å². The minimum absolute atomic E-state index is 0.0497. The number of carbonyl (C=O) groups excluding carboxylic acids is 1. The number of carbonyl (C=O) groups is 1. The van der Waals surface area contributed by atoms with E-state index in [9.17, 15) is 15.0 Å². The Kier molecular flexibility index (Phi) is 4.78. The summed E-state index contributed by atoms with van der Waals surface area (Å²) in [5, 5.41) is 21.4. The van der Waals surface area contributed by atoms with Gasteiger partial charge in [-0.1, -0.05) is 19.4 Å². The highest BCUT2D eigenvalue weighted by Gasteiger charge is 2.14. The molecule has 0 saturated carbocycles. The first-order chi connectivity index (χ1) is 8.06. The second-order valence-electron chi connectivity index (χ2n) is 3.93. The molecule has 5 heteroatoms. The lowest BCUT2D eigenvalue weighted by molar-refractivity contribution is 0.0947. The van der Waals surface area contributed by atoms with Crippen LogP contribution in [0.5, 0.6) is 11.5 Å². The number of amides is 1. The van der Waals surface area contributed by atoms with Crippen LogP contribution in [0.4, 0.5) is 0 Å². The topological polar surface area (TPSA) is 95.6 Å². The molecule has 0 aromatic heterocycles. The van der Waals surface area contributed by atoms with E-state index in [1.807, 2.05) is 6.92 Å². The predicted octanol–water partition coefficient (Wildman–Crippen LogP) is 0.955. The van der Waals surface area contributed by atoms with Crippen LogP contribution < -0.4 is 11.1 Å². The van der Waals surface area contributed by atoms with E-state index in [0.717, 1.165) is 12.8 Å². The average Bonchev–Trinajstić information content (AvgIpc) is 2.30. The van der Waals surface area contributed by atoms with E-state index >= 15 is 0 Å². The minimum Gasteiger partial charge on any atom is -0.504 e. The first-order valence-corrected chi connectivity index (χ1v) is 5.61. The van der Waals surface area contributed by atoms with Crippen LogP contribution in [0.3, 0.4) is 0 Å². The summed E-state index contributed by atoms with van der Waals surface area (Å²) in [6.45, 7) is 2.37. The van der Waals surface area contributed by atoms with Gasteiger partial charge in [-0.05, 0) is 18.6 Å². The van der Waals surface area contributed by atoms with E-state index in [4.69, 9.17) is 5.73 Å². The fourth-order valence-corrected chi connectivity index (χ4v) is 1.51. The molecule has 5 N–H and O–H groups in total. The Balaban J connectivity index is 2.61. The molecule has 0 heterocycles. The van der Waals surface area contributed by atoms with Gasteiger partial charge in [0.1, 0.15) is 0 Å². The van der Waals surface area contributed by atoms with Crippen LogP contribution in [0.15, 0.2) is 18.2 Å². The number of benzene rings is 1. The van der Waals surface area contributed by atoms with Crippen molar-refractivity contribution in [1.82, 2.24) is 5.32 Å². The summed E-state index contributed by atoms with van der Waals surface area (Å²) >= 11 is 0. The van der Waals surface area contributed by atoms with Crippen LogP contribution in [0.25, 0.3) is 0 Å². The van der Waals surface area contributed by atoms with Crippen molar-refractivity contribution < 1.29 is 15.0 Å². The van der Waals surface area contributed by atoms with Gasteiger partial charge in [-0.15, -0.1) is 0 Å². The molecular formula is C12H18N2O3. The predicted molar refractivity (Wildman–Crippen MR) is 65.0 cm³/mol. The summed E-state index contributed by atoms with van der Waals surface area (Å²) in [7, 11) is 0. The lowest BCUT2D eigenvalue weighted by atomic mass is 10.1. The van der Waals surface area contributed by atoms with Gasteiger partial charge < -0.3 is 21.3 Å². The third kappa shape index (κ3) is 3.64. The van der Waals surface area contributed by atoms with Crippen molar-refractivity contribution in [3.63, 3.8) is 0 Å². The summed E-state index contributed by atoms with van der Waals surface area (Å²) in [4.78, 5) is 11.7. The van der Waals surface area contributed by atoms with Crippen LogP contribution in [0.1, 0.15) is 30.1 Å². The molecule has 1 atom stereocenters. The maximum Gasteiger partial charge on any atom is 0.255 e. The van der Waals surface area contributed by atoms with Gasteiger partial charge in [-0.3, -0.25) is 4.79 Å². The molecular weight excluding hydrogens is 220 g/mol. The molecule has 0 aliphatic carbocycles. The van der Waals surface area contributed by atoms with Gasteiger partial charge >= 0.3 is 0 Å². The lowest BCUT2D eigenvalue weighted by Gasteiger charge is -2.12. The number of aromatic hydroxyl groups is 2. The second-order valence-corrected chi connectivity index (χ2v) is 3.93. The Morgan fingerprint density at radius 1 is 1.47 bits per heavy atom. The Morgan fingerprint density at radius 3 is 2.82 bits per heavy atom. The zero-order valence-electron chi connectivity index (χ0n) is 9.81. The molecule has 5 nitrogen and oxygen atoms in total. The smallest absolute Gasteiger partial charge is 0.255 e. The number of hydrogen-bond acceptors (Lipinski definition) is 4.